The molecule has 0 aromatic heterocycles. The van der Waals surface area contributed by atoms with Gasteiger partial charge < -0.3 is 14.8 Å². The first-order valence-corrected chi connectivity index (χ1v) is 6.43. The minimum absolute atomic E-state index is 0.135. The fraction of sp³-hybridized carbons (Fsp3) is 0.462. The van der Waals surface area contributed by atoms with Crippen LogP contribution < -0.4 is 10.1 Å². The maximum atomic E-state index is 13.0. The highest BCUT2D eigenvalue weighted by Crippen LogP contribution is 2.31. The third kappa shape index (κ3) is 3.19. The molecular weight excluding hydrogens is 292 g/mol. The zero-order valence-corrected chi connectivity index (χ0v) is 11.5. The number of esters is 1. The normalized spacial score (nSPS) is 20.8. The van der Waals surface area contributed by atoms with Gasteiger partial charge in [0.05, 0.1) is 13.5 Å². The van der Waals surface area contributed by atoms with E-state index in [-0.39, 0.29) is 6.54 Å². The minimum Gasteiger partial charge on any atom is -0.496 e. The first-order valence-electron chi connectivity index (χ1n) is 6.05. The molecule has 1 aromatic carbocycles. The van der Waals surface area contributed by atoms with Crippen molar-refractivity contribution in [2.24, 2.45) is 0 Å². The lowest BCUT2D eigenvalue weighted by atomic mass is 10.1. The van der Waals surface area contributed by atoms with E-state index in [9.17, 15) is 13.6 Å². The van der Waals surface area contributed by atoms with Gasteiger partial charge >= 0.3 is 11.9 Å². The molecule has 0 bridgehead atoms. The number of ether oxygens (including phenoxy) is 2. The van der Waals surface area contributed by atoms with E-state index in [4.69, 9.17) is 16.3 Å². The molecule has 1 aliphatic heterocycles. The van der Waals surface area contributed by atoms with Gasteiger partial charge in [-0.25, -0.2) is 4.79 Å². The monoisotopic (exact) mass is 305 g/mol. The van der Waals surface area contributed by atoms with Crippen molar-refractivity contribution in [2.45, 2.75) is 25.0 Å². The number of benzene rings is 1. The average Bonchev–Trinajstić information content (AvgIpc) is 2.65. The van der Waals surface area contributed by atoms with E-state index in [0.717, 1.165) is 5.56 Å². The number of hydrogen-bond donors (Lipinski definition) is 1. The van der Waals surface area contributed by atoms with Crippen LogP contribution in [0.1, 0.15) is 12.0 Å². The number of alkyl halides is 2. The third-order valence-electron chi connectivity index (χ3n) is 3.03. The summed E-state index contributed by atoms with van der Waals surface area (Å²) in [5, 5.41) is 3.46. The van der Waals surface area contributed by atoms with Gasteiger partial charge in [-0.05, 0) is 12.1 Å². The Labute approximate surface area is 120 Å². The van der Waals surface area contributed by atoms with Crippen LogP contribution in [0.5, 0.6) is 5.75 Å². The fourth-order valence-electron chi connectivity index (χ4n) is 2.02. The molecule has 0 spiro atoms. The van der Waals surface area contributed by atoms with Crippen molar-refractivity contribution < 1.29 is 23.0 Å². The first kappa shape index (κ1) is 15.0. The zero-order chi connectivity index (χ0) is 14.8. The largest absolute Gasteiger partial charge is 0.496 e. The highest BCUT2D eigenvalue weighted by Gasteiger charge is 2.50. The molecule has 1 saturated heterocycles. The molecule has 0 saturated carbocycles. The molecule has 0 radical (unpaired) electrons. The van der Waals surface area contributed by atoms with Crippen molar-refractivity contribution in [1.29, 1.82) is 0 Å². The second kappa shape index (κ2) is 5.93. The summed E-state index contributed by atoms with van der Waals surface area (Å²) in [6.45, 7) is 0.470. The number of carbonyl (C=O) groups excluding carboxylic acids is 1. The fourth-order valence-corrected chi connectivity index (χ4v) is 2.25. The van der Waals surface area contributed by atoms with Gasteiger partial charge in [0, 0.05) is 23.7 Å². The van der Waals surface area contributed by atoms with E-state index in [0.29, 0.717) is 17.3 Å². The van der Waals surface area contributed by atoms with E-state index >= 15 is 0 Å². The van der Waals surface area contributed by atoms with Crippen LogP contribution >= 0.6 is 11.6 Å². The Hall–Kier alpha value is -1.40. The van der Waals surface area contributed by atoms with Crippen LogP contribution in [0, 0.1) is 0 Å². The molecule has 1 fully saturated rings. The summed E-state index contributed by atoms with van der Waals surface area (Å²) in [6.07, 6.45) is -1.43. The van der Waals surface area contributed by atoms with Crippen molar-refractivity contribution >= 4 is 17.6 Å². The van der Waals surface area contributed by atoms with Gasteiger partial charge in [0.15, 0.2) is 0 Å². The molecule has 1 atom stereocenters. The average molecular weight is 306 g/mol. The van der Waals surface area contributed by atoms with Gasteiger partial charge in [0.2, 0.25) is 0 Å². The second-order valence-electron chi connectivity index (χ2n) is 4.49. The minimum atomic E-state index is -3.38. The maximum absolute atomic E-state index is 13.0. The summed E-state index contributed by atoms with van der Waals surface area (Å²) >= 11 is 6.05. The number of hydrogen-bond acceptors (Lipinski definition) is 4. The van der Waals surface area contributed by atoms with Gasteiger partial charge in [-0.15, -0.1) is 0 Å². The highest BCUT2D eigenvalue weighted by atomic mass is 35.5. The third-order valence-corrected chi connectivity index (χ3v) is 3.38. The smallest absolute Gasteiger partial charge is 0.377 e. The predicted molar refractivity (Wildman–Crippen MR) is 69.2 cm³/mol. The van der Waals surface area contributed by atoms with Crippen molar-refractivity contribution in [3.05, 3.63) is 28.8 Å². The maximum Gasteiger partial charge on any atom is 0.377 e. The summed E-state index contributed by atoms with van der Waals surface area (Å²) < 4.78 is 35.7. The van der Waals surface area contributed by atoms with Crippen molar-refractivity contribution in [1.82, 2.24) is 5.32 Å². The molecule has 4 nitrogen and oxygen atoms in total. The topological polar surface area (TPSA) is 47.6 Å². The molecule has 7 heteroatoms. The Kier molecular flexibility index (Phi) is 4.45. The summed E-state index contributed by atoms with van der Waals surface area (Å²) in [4.78, 5) is 10.9. The Morgan fingerprint density at radius 2 is 2.30 bits per heavy atom. The highest BCUT2D eigenvalue weighted by molar-refractivity contribution is 6.31. The number of methoxy groups -OCH3 is 1. The van der Waals surface area contributed by atoms with Crippen LogP contribution in [0.4, 0.5) is 8.78 Å². The van der Waals surface area contributed by atoms with Crippen molar-refractivity contribution in [3.63, 3.8) is 0 Å². The van der Waals surface area contributed by atoms with Crippen LogP contribution in [0.3, 0.4) is 0 Å². The molecule has 2 rings (SSSR count). The SMILES string of the molecule is COc1cccc(Cl)c1CNCC1CC(F)(F)C(=O)O1. The quantitative estimate of drug-likeness (QED) is 0.849. The van der Waals surface area contributed by atoms with Crippen LogP contribution in [0.15, 0.2) is 18.2 Å². The lowest BCUT2D eigenvalue weighted by Gasteiger charge is -2.13. The Bertz CT molecular complexity index is 510. The summed E-state index contributed by atoms with van der Waals surface area (Å²) in [5.41, 5.74) is 0.729. The molecule has 1 aromatic rings. The number of carbonyl (C=O) groups is 1. The van der Waals surface area contributed by atoms with E-state index in [1.165, 1.54) is 7.11 Å². The standard InChI is InChI=1S/C13H14ClF2NO3/c1-19-11-4-2-3-10(14)9(11)7-17-6-8-5-13(15,16)12(18)20-8/h2-4,8,17H,5-7H2,1H3. The molecule has 1 aliphatic rings. The summed E-state index contributed by atoms with van der Waals surface area (Å²) in [5.74, 6) is -4.23. The van der Waals surface area contributed by atoms with E-state index in [2.05, 4.69) is 10.1 Å². The second-order valence-corrected chi connectivity index (χ2v) is 4.89. The first-order chi connectivity index (χ1) is 9.44. The molecule has 110 valence electrons. The lowest BCUT2D eigenvalue weighted by Crippen LogP contribution is -2.27. The van der Waals surface area contributed by atoms with E-state index in [1.54, 1.807) is 18.2 Å². The van der Waals surface area contributed by atoms with Gasteiger partial charge in [-0.2, -0.15) is 8.78 Å². The Balaban J connectivity index is 1.90. The van der Waals surface area contributed by atoms with Crippen molar-refractivity contribution in [2.75, 3.05) is 13.7 Å². The number of halogens is 3. The van der Waals surface area contributed by atoms with Crippen molar-refractivity contribution in [3.8, 4) is 5.75 Å². The van der Waals surface area contributed by atoms with Gasteiger partial charge in [-0.1, -0.05) is 17.7 Å². The van der Waals surface area contributed by atoms with Crippen LogP contribution in [0.2, 0.25) is 5.02 Å². The van der Waals surface area contributed by atoms with Crippen LogP contribution in [0.25, 0.3) is 0 Å². The lowest BCUT2D eigenvalue weighted by molar-refractivity contribution is -0.159. The predicted octanol–water partition coefficient (Wildman–Crippen LogP) is 2.39. The van der Waals surface area contributed by atoms with Crippen LogP contribution in [-0.2, 0) is 16.1 Å². The number of rotatable bonds is 5. The van der Waals surface area contributed by atoms with E-state index < -0.39 is 24.4 Å². The summed E-state index contributed by atoms with van der Waals surface area (Å²) in [6, 6.07) is 5.22. The number of cyclic esters (lactones) is 1. The van der Waals surface area contributed by atoms with Gasteiger partial charge in [0.1, 0.15) is 11.9 Å². The van der Waals surface area contributed by atoms with Crippen LogP contribution in [-0.4, -0.2) is 31.7 Å². The Morgan fingerprint density at radius 3 is 2.90 bits per heavy atom. The van der Waals surface area contributed by atoms with Gasteiger partial charge in [0.25, 0.3) is 0 Å². The molecule has 1 N–H and O–H groups in total. The Morgan fingerprint density at radius 1 is 1.55 bits per heavy atom. The molecule has 20 heavy (non-hydrogen) atoms. The molecule has 0 amide bonds. The summed E-state index contributed by atoms with van der Waals surface area (Å²) in [7, 11) is 1.52. The molecular formula is C13H14ClF2NO3. The molecule has 1 unspecified atom stereocenters. The molecule has 1 heterocycles. The zero-order valence-electron chi connectivity index (χ0n) is 10.8. The van der Waals surface area contributed by atoms with E-state index in [1.807, 2.05) is 0 Å². The molecule has 0 aliphatic carbocycles. The van der Waals surface area contributed by atoms with Gasteiger partial charge in [-0.3, -0.25) is 0 Å². The number of nitrogens with one attached hydrogen (secondary N) is 1.